The van der Waals surface area contributed by atoms with Gasteiger partial charge < -0.3 is 19.5 Å². The summed E-state index contributed by atoms with van der Waals surface area (Å²) in [5, 5.41) is 3.31. The first-order valence-corrected chi connectivity index (χ1v) is 12.6. The molecule has 7 nitrogen and oxygen atoms in total. The van der Waals surface area contributed by atoms with Gasteiger partial charge in [-0.2, -0.15) is 0 Å². The number of hydrogen-bond acceptors (Lipinski definition) is 7. The Morgan fingerprint density at radius 2 is 1.80 bits per heavy atom. The number of esters is 2. The number of dihydropyridines is 1. The highest BCUT2D eigenvalue weighted by Crippen LogP contribution is 2.46. The molecule has 0 aromatic heterocycles. The van der Waals surface area contributed by atoms with Crippen molar-refractivity contribution in [2.75, 3.05) is 13.7 Å². The summed E-state index contributed by atoms with van der Waals surface area (Å²) in [7, 11) is 1.30. The quantitative estimate of drug-likeness (QED) is 0.450. The van der Waals surface area contributed by atoms with Crippen molar-refractivity contribution in [2.24, 2.45) is 11.8 Å². The second-order valence-electron chi connectivity index (χ2n) is 9.76. The van der Waals surface area contributed by atoms with Crippen LogP contribution in [0.3, 0.4) is 0 Å². The standard InChI is InChI=1S/C28H35NO6/c1-5-14-34-19-12-10-18(11-13-19)24-23(28(32)35-20-8-6-7-9-20)17(3)29-21-15-16(2)22(27(31)33-4)26(30)25(21)24/h10-13,16,20,22,24,29H,5-9,14-15H2,1-4H3/t16-,22-,24-/m0/s1. The van der Waals surface area contributed by atoms with Crippen LogP contribution in [0.4, 0.5) is 0 Å². The molecule has 0 spiro atoms. The average molecular weight is 482 g/mol. The molecule has 3 atom stereocenters. The maximum absolute atomic E-state index is 13.8. The van der Waals surface area contributed by atoms with Crippen LogP contribution in [-0.2, 0) is 23.9 Å². The highest BCUT2D eigenvalue weighted by Gasteiger charge is 2.47. The largest absolute Gasteiger partial charge is 0.494 e. The molecule has 0 radical (unpaired) electrons. The van der Waals surface area contributed by atoms with Gasteiger partial charge in [0, 0.05) is 22.9 Å². The van der Waals surface area contributed by atoms with Gasteiger partial charge in [0.25, 0.3) is 0 Å². The number of benzene rings is 1. The van der Waals surface area contributed by atoms with E-state index >= 15 is 0 Å². The van der Waals surface area contributed by atoms with E-state index in [0.717, 1.165) is 49.1 Å². The predicted molar refractivity (Wildman–Crippen MR) is 130 cm³/mol. The van der Waals surface area contributed by atoms with E-state index < -0.39 is 23.8 Å². The monoisotopic (exact) mass is 481 g/mol. The summed E-state index contributed by atoms with van der Waals surface area (Å²) >= 11 is 0. The number of allylic oxidation sites excluding steroid dienone is 3. The summed E-state index contributed by atoms with van der Waals surface area (Å²) in [4.78, 5) is 39.8. The Bertz CT molecular complexity index is 1050. The molecule has 0 amide bonds. The van der Waals surface area contributed by atoms with Gasteiger partial charge in [0.1, 0.15) is 17.8 Å². The molecule has 0 saturated heterocycles. The topological polar surface area (TPSA) is 90.9 Å². The maximum Gasteiger partial charge on any atom is 0.337 e. The van der Waals surface area contributed by atoms with Crippen molar-refractivity contribution in [3.63, 3.8) is 0 Å². The molecule has 2 aliphatic carbocycles. The Morgan fingerprint density at radius 3 is 2.43 bits per heavy atom. The Morgan fingerprint density at radius 1 is 1.11 bits per heavy atom. The van der Waals surface area contributed by atoms with Crippen molar-refractivity contribution in [1.82, 2.24) is 5.32 Å². The Labute approximate surface area is 206 Å². The van der Waals surface area contributed by atoms with Crippen molar-refractivity contribution in [1.29, 1.82) is 0 Å². The van der Waals surface area contributed by atoms with Crippen LogP contribution in [0.15, 0.2) is 46.8 Å². The van der Waals surface area contributed by atoms with Gasteiger partial charge in [-0.3, -0.25) is 9.59 Å². The van der Waals surface area contributed by atoms with Crippen LogP contribution in [-0.4, -0.2) is 37.5 Å². The third-order valence-electron chi connectivity index (χ3n) is 7.23. The fourth-order valence-corrected chi connectivity index (χ4v) is 5.48. The zero-order chi connectivity index (χ0) is 25.1. The lowest BCUT2D eigenvalue weighted by atomic mass is 9.69. The van der Waals surface area contributed by atoms with Crippen LogP contribution in [0.25, 0.3) is 0 Å². The van der Waals surface area contributed by atoms with Gasteiger partial charge in [0.2, 0.25) is 0 Å². The minimum Gasteiger partial charge on any atom is -0.494 e. The third-order valence-corrected chi connectivity index (χ3v) is 7.23. The van der Waals surface area contributed by atoms with E-state index in [1.165, 1.54) is 7.11 Å². The maximum atomic E-state index is 13.8. The summed E-state index contributed by atoms with van der Waals surface area (Å²) in [6, 6.07) is 7.49. The molecule has 1 fully saturated rings. The van der Waals surface area contributed by atoms with Gasteiger partial charge in [-0.25, -0.2) is 4.79 Å². The number of Topliss-reactive ketones (excluding diaryl/α,β-unsaturated/α-hetero) is 1. The minimum atomic E-state index is -0.902. The lowest BCUT2D eigenvalue weighted by molar-refractivity contribution is -0.151. The number of ether oxygens (including phenoxy) is 3. The first-order chi connectivity index (χ1) is 16.8. The van der Waals surface area contributed by atoms with E-state index in [0.29, 0.717) is 29.9 Å². The predicted octanol–water partition coefficient (Wildman–Crippen LogP) is 4.57. The molecule has 7 heteroatoms. The Balaban J connectivity index is 1.76. The van der Waals surface area contributed by atoms with Crippen molar-refractivity contribution < 1.29 is 28.6 Å². The number of hydrogen-bond donors (Lipinski definition) is 1. The van der Waals surface area contributed by atoms with Crippen LogP contribution in [0.2, 0.25) is 0 Å². The highest BCUT2D eigenvalue weighted by atomic mass is 16.5. The van der Waals surface area contributed by atoms with Crippen LogP contribution in [0.5, 0.6) is 5.75 Å². The zero-order valence-corrected chi connectivity index (χ0v) is 21.0. The number of ketones is 1. The summed E-state index contributed by atoms with van der Waals surface area (Å²) < 4.78 is 16.6. The molecule has 3 aliphatic rings. The molecule has 1 aromatic rings. The van der Waals surface area contributed by atoms with Crippen LogP contribution < -0.4 is 10.1 Å². The molecule has 1 N–H and O–H groups in total. The van der Waals surface area contributed by atoms with Crippen molar-refractivity contribution in [3.05, 3.63) is 52.4 Å². The lowest BCUT2D eigenvalue weighted by Gasteiger charge is -2.38. The number of methoxy groups -OCH3 is 1. The Hall–Kier alpha value is -3.09. The minimum absolute atomic E-state index is 0.103. The van der Waals surface area contributed by atoms with Crippen LogP contribution in [0, 0.1) is 11.8 Å². The molecule has 1 aromatic carbocycles. The molecule has 4 rings (SSSR count). The second kappa shape index (κ2) is 10.7. The van der Waals surface area contributed by atoms with Crippen molar-refractivity contribution in [2.45, 2.75) is 71.3 Å². The molecule has 1 saturated carbocycles. The number of nitrogens with one attached hydrogen (secondary N) is 1. The van der Waals surface area contributed by atoms with Crippen molar-refractivity contribution >= 4 is 17.7 Å². The number of rotatable bonds is 7. The smallest absolute Gasteiger partial charge is 0.337 e. The van der Waals surface area contributed by atoms with E-state index in [4.69, 9.17) is 14.2 Å². The first kappa shape index (κ1) is 25.0. The zero-order valence-electron chi connectivity index (χ0n) is 21.0. The van der Waals surface area contributed by atoms with Crippen molar-refractivity contribution in [3.8, 4) is 5.75 Å². The fraction of sp³-hybridized carbons (Fsp3) is 0.536. The fourth-order valence-electron chi connectivity index (χ4n) is 5.48. The van der Waals surface area contributed by atoms with E-state index in [1.807, 2.05) is 45.0 Å². The highest BCUT2D eigenvalue weighted by molar-refractivity contribution is 6.12. The molecule has 0 unspecified atom stereocenters. The van der Waals surface area contributed by atoms with Gasteiger partial charge in [0.15, 0.2) is 5.78 Å². The Kier molecular flexibility index (Phi) is 7.63. The molecule has 1 aliphatic heterocycles. The molecule has 35 heavy (non-hydrogen) atoms. The van der Waals surface area contributed by atoms with Crippen LogP contribution >= 0.6 is 0 Å². The summed E-state index contributed by atoms with van der Waals surface area (Å²) in [6.07, 6.45) is 5.11. The van der Waals surface area contributed by atoms with Gasteiger partial charge in [-0.05, 0) is 69.1 Å². The van der Waals surface area contributed by atoms with Gasteiger partial charge >= 0.3 is 11.9 Å². The van der Waals surface area contributed by atoms with E-state index in [2.05, 4.69) is 5.32 Å². The van der Waals surface area contributed by atoms with E-state index in [1.54, 1.807) is 0 Å². The molecule has 1 heterocycles. The van der Waals surface area contributed by atoms with Crippen LogP contribution in [0.1, 0.15) is 70.8 Å². The first-order valence-electron chi connectivity index (χ1n) is 12.6. The molecular formula is C28H35NO6. The lowest BCUT2D eigenvalue weighted by Crippen LogP contribution is -2.43. The third kappa shape index (κ3) is 5.00. The number of carbonyl (C=O) groups is 3. The average Bonchev–Trinajstić information content (AvgIpc) is 3.35. The number of carbonyl (C=O) groups excluding carboxylic acids is 3. The second-order valence-corrected chi connectivity index (χ2v) is 9.76. The summed E-state index contributed by atoms with van der Waals surface area (Å²) in [5.41, 5.74) is 3.09. The molecular weight excluding hydrogens is 446 g/mol. The van der Waals surface area contributed by atoms with E-state index in [9.17, 15) is 14.4 Å². The van der Waals surface area contributed by atoms with E-state index in [-0.39, 0.29) is 17.8 Å². The summed E-state index contributed by atoms with van der Waals surface area (Å²) in [6.45, 7) is 6.38. The molecule has 0 bridgehead atoms. The normalized spacial score (nSPS) is 24.7. The molecule has 188 valence electrons. The van der Waals surface area contributed by atoms with Gasteiger partial charge in [-0.1, -0.05) is 26.0 Å². The van der Waals surface area contributed by atoms with Gasteiger partial charge in [0.05, 0.1) is 19.3 Å². The summed E-state index contributed by atoms with van der Waals surface area (Å²) in [5.74, 6) is -2.28. The van der Waals surface area contributed by atoms with Gasteiger partial charge in [-0.15, -0.1) is 0 Å². The SMILES string of the molecule is CCCOc1ccc([C@H]2C(C(=O)OC3CCCC3)=C(C)NC3=C2C(=O)[C@@H](C(=O)OC)[C@@H](C)C3)cc1.